The highest BCUT2D eigenvalue weighted by Crippen LogP contribution is 2.22. The third-order valence-electron chi connectivity index (χ3n) is 1.70. The topological polar surface area (TPSA) is 37.3 Å². The summed E-state index contributed by atoms with van der Waals surface area (Å²) in [7, 11) is 0. The highest BCUT2D eigenvalue weighted by molar-refractivity contribution is 5.77. The van der Waals surface area contributed by atoms with Gasteiger partial charge in [-0.25, -0.2) is 9.18 Å². The first-order valence-corrected chi connectivity index (χ1v) is 4.45. The van der Waals surface area contributed by atoms with Crippen molar-refractivity contribution in [2.24, 2.45) is 0 Å². The minimum absolute atomic E-state index is 0.0285. The quantitative estimate of drug-likeness (QED) is 0.684. The average Bonchev–Trinajstić information content (AvgIpc) is 2.05. The van der Waals surface area contributed by atoms with Crippen LogP contribution in [0.15, 0.2) is 0 Å². The van der Waals surface area contributed by atoms with E-state index in [1.54, 1.807) is 6.92 Å². The van der Waals surface area contributed by atoms with Gasteiger partial charge in [0.1, 0.15) is 0 Å². The second-order valence-electron chi connectivity index (χ2n) is 2.90. The van der Waals surface area contributed by atoms with E-state index < -0.39 is 11.6 Å². The van der Waals surface area contributed by atoms with Crippen molar-refractivity contribution in [2.75, 3.05) is 0 Å². The van der Waals surface area contributed by atoms with E-state index in [0.717, 1.165) is 0 Å². The molecule has 1 atom stereocenters. The van der Waals surface area contributed by atoms with Gasteiger partial charge in [0.05, 0.1) is 6.42 Å². The van der Waals surface area contributed by atoms with E-state index in [4.69, 9.17) is 5.11 Å². The van der Waals surface area contributed by atoms with E-state index in [2.05, 4.69) is 11.8 Å². The monoisotopic (exact) mass is 186 g/mol. The molecule has 0 aliphatic rings. The van der Waals surface area contributed by atoms with E-state index in [-0.39, 0.29) is 12.8 Å². The van der Waals surface area contributed by atoms with Crippen molar-refractivity contribution < 1.29 is 14.3 Å². The van der Waals surface area contributed by atoms with Crippen molar-refractivity contribution in [3.8, 4) is 11.8 Å². The molecule has 0 aromatic carbocycles. The van der Waals surface area contributed by atoms with Gasteiger partial charge in [0, 0.05) is 6.42 Å². The molecular weight excluding hydrogens is 171 g/mol. The molecule has 0 aliphatic carbocycles. The highest BCUT2D eigenvalue weighted by Gasteiger charge is 2.36. The molecule has 0 fully saturated rings. The van der Waals surface area contributed by atoms with Crippen LogP contribution >= 0.6 is 0 Å². The van der Waals surface area contributed by atoms with Crippen LogP contribution < -0.4 is 0 Å². The minimum atomic E-state index is -2.16. The third kappa shape index (κ3) is 3.93. The molecule has 0 amide bonds. The number of alkyl halides is 1. The third-order valence-corrected chi connectivity index (χ3v) is 1.70. The molecule has 0 saturated heterocycles. The summed E-state index contributed by atoms with van der Waals surface area (Å²) < 4.78 is 13.5. The van der Waals surface area contributed by atoms with E-state index in [0.29, 0.717) is 12.8 Å². The van der Waals surface area contributed by atoms with Gasteiger partial charge in [0.15, 0.2) is 0 Å². The Morgan fingerprint density at radius 1 is 1.46 bits per heavy atom. The molecule has 0 aromatic heterocycles. The second-order valence-corrected chi connectivity index (χ2v) is 2.90. The number of aliphatic carboxylic acids is 1. The predicted octanol–water partition coefficient (Wildman–Crippen LogP) is 2.38. The smallest absolute Gasteiger partial charge is 0.342 e. The fraction of sp³-hybridized carbons (Fsp3) is 0.700. The van der Waals surface area contributed by atoms with Gasteiger partial charge in [-0.2, -0.15) is 0 Å². The SMILES string of the molecule is CCC#CCC(F)(CCC)C(=O)O. The van der Waals surface area contributed by atoms with Crippen molar-refractivity contribution in [2.45, 2.75) is 45.2 Å². The van der Waals surface area contributed by atoms with E-state index in [1.807, 2.05) is 6.92 Å². The summed E-state index contributed by atoms with van der Waals surface area (Å²) in [6, 6.07) is 0. The maximum absolute atomic E-state index is 13.5. The Balaban J connectivity index is 4.32. The van der Waals surface area contributed by atoms with Crippen LogP contribution in [0.1, 0.15) is 39.5 Å². The maximum Gasteiger partial charge on any atom is 0.342 e. The summed E-state index contributed by atoms with van der Waals surface area (Å²) in [5.74, 6) is 3.80. The lowest BCUT2D eigenvalue weighted by molar-refractivity contribution is -0.151. The van der Waals surface area contributed by atoms with E-state index in [9.17, 15) is 9.18 Å². The van der Waals surface area contributed by atoms with Crippen molar-refractivity contribution in [3.63, 3.8) is 0 Å². The first-order chi connectivity index (χ1) is 6.06. The highest BCUT2D eigenvalue weighted by atomic mass is 19.1. The Bertz CT molecular complexity index is 227. The predicted molar refractivity (Wildman–Crippen MR) is 49.1 cm³/mol. The van der Waals surface area contributed by atoms with Crippen LogP contribution in [0.2, 0.25) is 0 Å². The van der Waals surface area contributed by atoms with Gasteiger partial charge in [0.2, 0.25) is 5.67 Å². The fourth-order valence-electron chi connectivity index (χ4n) is 0.995. The van der Waals surface area contributed by atoms with Crippen LogP contribution in [-0.4, -0.2) is 16.7 Å². The van der Waals surface area contributed by atoms with Gasteiger partial charge in [-0.05, 0) is 6.42 Å². The van der Waals surface area contributed by atoms with Gasteiger partial charge in [-0.3, -0.25) is 0 Å². The van der Waals surface area contributed by atoms with Gasteiger partial charge in [-0.1, -0.05) is 26.2 Å². The van der Waals surface area contributed by atoms with Crippen LogP contribution in [0.25, 0.3) is 0 Å². The molecule has 13 heavy (non-hydrogen) atoms. The zero-order valence-corrected chi connectivity index (χ0v) is 8.06. The molecule has 3 heteroatoms. The molecule has 0 aliphatic heterocycles. The minimum Gasteiger partial charge on any atom is -0.479 e. The van der Waals surface area contributed by atoms with Crippen molar-refractivity contribution >= 4 is 5.97 Å². The van der Waals surface area contributed by atoms with Gasteiger partial charge < -0.3 is 5.11 Å². The molecule has 0 spiro atoms. The standard InChI is InChI=1S/C10H15FO2/c1-3-5-6-8-10(11,7-4-2)9(12)13/h3-4,7-8H2,1-2H3,(H,12,13). The van der Waals surface area contributed by atoms with Gasteiger partial charge in [0.25, 0.3) is 0 Å². The number of hydrogen-bond acceptors (Lipinski definition) is 1. The fourth-order valence-corrected chi connectivity index (χ4v) is 0.995. The first kappa shape index (κ1) is 12.0. The maximum atomic E-state index is 13.5. The Hall–Kier alpha value is -1.04. The number of halogens is 1. The summed E-state index contributed by atoms with van der Waals surface area (Å²) in [4.78, 5) is 10.6. The molecule has 0 aromatic rings. The summed E-state index contributed by atoms with van der Waals surface area (Å²) in [6.45, 7) is 3.60. The van der Waals surface area contributed by atoms with Gasteiger partial charge in [-0.15, -0.1) is 5.92 Å². The molecular formula is C10H15FO2. The number of hydrogen-bond donors (Lipinski definition) is 1. The molecule has 1 N–H and O–H groups in total. The Labute approximate surface area is 78.1 Å². The van der Waals surface area contributed by atoms with Crippen LogP contribution in [0.3, 0.4) is 0 Å². The number of carboxylic acid groups (broad SMARTS) is 1. The lowest BCUT2D eigenvalue weighted by Crippen LogP contribution is -2.32. The molecule has 0 rings (SSSR count). The summed E-state index contributed by atoms with van der Waals surface area (Å²) in [5.41, 5.74) is -2.16. The molecule has 0 bridgehead atoms. The van der Waals surface area contributed by atoms with Crippen LogP contribution in [-0.2, 0) is 4.79 Å². The number of carboxylic acids is 1. The largest absolute Gasteiger partial charge is 0.479 e. The summed E-state index contributed by atoms with van der Waals surface area (Å²) >= 11 is 0. The Kier molecular flexibility index (Phi) is 5.13. The van der Waals surface area contributed by atoms with Crippen LogP contribution in [0.5, 0.6) is 0 Å². The average molecular weight is 186 g/mol. The molecule has 74 valence electrons. The number of rotatable bonds is 4. The zero-order chi connectivity index (χ0) is 10.3. The molecule has 2 nitrogen and oxygen atoms in total. The molecule has 0 heterocycles. The van der Waals surface area contributed by atoms with Crippen LogP contribution in [0.4, 0.5) is 4.39 Å². The molecule has 0 saturated carbocycles. The van der Waals surface area contributed by atoms with Gasteiger partial charge >= 0.3 is 5.97 Å². The first-order valence-electron chi connectivity index (χ1n) is 4.45. The molecule has 1 unspecified atom stereocenters. The lowest BCUT2D eigenvalue weighted by atomic mass is 9.97. The van der Waals surface area contributed by atoms with E-state index in [1.165, 1.54) is 0 Å². The molecule has 0 radical (unpaired) electrons. The zero-order valence-electron chi connectivity index (χ0n) is 8.06. The second kappa shape index (κ2) is 5.58. The van der Waals surface area contributed by atoms with Crippen molar-refractivity contribution in [3.05, 3.63) is 0 Å². The van der Waals surface area contributed by atoms with Crippen molar-refractivity contribution in [1.82, 2.24) is 0 Å². The van der Waals surface area contributed by atoms with E-state index >= 15 is 0 Å². The Morgan fingerprint density at radius 2 is 2.08 bits per heavy atom. The lowest BCUT2D eigenvalue weighted by Gasteiger charge is -2.16. The summed E-state index contributed by atoms with van der Waals surface area (Å²) in [5, 5.41) is 8.62. The Morgan fingerprint density at radius 3 is 2.46 bits per heavy atom. The normalized spacial score (nSPS) is 14.1. The van der Waals surface area contributed by atoms with Crippen LogP contribution in [0, 0.1) is 11.8 Å². The summed E-state index contributed by atoms with van der Waals surface area (Å²) in [6.07, 6.45) is 0.961. The van der Waals surface area contributed by atoms with Crippen molar-refractivity contribution in [1.29, 1.82) is 0 Å². The number of carbonyl (C=O) groups is 1.